The summed E-state index contributed by atoms with van der Waals surface area (Å²) >= 11 is 1.63. The molecule has 0 aliphatic carbocycles. The zero-order chi connectivity index (χ0) is 18.3. The van der Waals surface area contributed by atoms with Crippen LogP contribution in [0.3, 0.4) is 0 Å². The topological polar surface area (TPSA) is 63.1 Å². The normalized spacial score (nSPS) is 17.3. The molecule has 4 heterocycles. The Morgan fingerprint density at radius 3 is 3.04 bits per heavy atom. The molecule has 26 heavy (non-hydrogen) atoms. The third-order valence-corrected chi connectivity index (χ3v) is 5.93. The van der Waals surface area contributed by atoms with Crippen LogP contribution in [0.1, 0.15) is 22.5 Å². The number of carbonyl (C=O) groups is 1. The van der Waals surface area contributed by atoms with Gasteiger partial charge in [0.1, 0.15) is 0 Å². The number of rotatable bonds is 4. The highest BCUT2D eigenvalue weighted by atomic mass is 32.1. The molecule has 1 aliphatic heterocycles. The molecule has 1 amide bonds. The van der Waals surface area contributed by atoms with Crippen LogP contribution in [0.2, 0.25) is 0 Å². The Hall–Kier alpha value is -2.25. The van der Waals surface area contributed by atoms with Crippen LogP contribution in [0.4, 0.5) is 0 Å². The number of fused-ring (bicyclic) bond motifs is 1. The van der Waals surface area contributed by atoms with Gasteiger partial charge in [0, 0.05) is 20.1 Å². The lowest BCUT2D eigenvalue weighted by atomic mass is 10.1. The Labute approximate surface area is 156 Å². The number of pyridine rings is 1. The highest BCUT2D eigenvalue weighted by Crippen LogP contribution is 2.30. The summed E-state index contributed by atoms with van der Waals surface area (Å²) in [6.45, 7) is 4.50. The van der Waals surface area contributed by atoms with E-state index < -0.39 is 0 Å². The van der Waals surface area contributed by atoms with E-state index in [0.717, 1.165) is 53.4 Å². The summed E-state index contributed by atoms with van der Waals surface area (Å²) in [4.78, 5) is 21.2. The van der Waals surface area contributed by atoms with Crippen LogP contribution in [0, 0.1) is 12.8 Å². The van der Waals surface area contributed by atoms with Crippen molar-refractivity contribution in [2.24, 2.45) is 13.0 Å². The molecule has 1 atom stereocenters. The summed E-state index contributed by atoms with van der Waals surface area (Å²) in [5, 5.41) is 10.6. The first-order valence-electron chi connectivity index (χ1n) is 8.90. The lowest BCUT2D eigenvalue weighted by molar-refractivity contribution is 0.0789. The first-order chi connectivity index (χ1) is 12.6. The van der Waals surface area contributed by atoms with Crippen molar-refractivity contribution in [1.82, 2.24) is 25.0 Å². The molecule has 6 nitrogen and oxygen atoms in total. The largest absolute Gasteiger partial charge is 0.338 e. The molecule has 3 aromatic heterocycles. The van der Waals surface area contributed by atoms with Crippen molar-refractivity contribution in [2.75, 3.05) is 26.7 Å². The Kier molecular flexibility index (Phi) is 4.50. The molecule has 4 rings (SSSR count). The van der Waals surface area contributed by atoms with Crippen molar-refractivity contribution >= 4 is 28.3 Å². The molecule has 0 radical (unpaired) electrons. The highest BCUT2D eigenvalue weighted by Gasteiger charge is 2.29. The monoisotopic (exact) mass is 369 g/mol. The van der Waals surface area contributed by atoms with E-state index in [1.807, 2.05) is 49.5 Å². The Balaban J connectivity index is 1.79. The maximum absolute atomic E-state index is 13.3. The van der Waals surface area contributed by atoms with Gasteiger partial charge in [-0.1, -0.05) is 6.07 Å². The van der Waals surface area contributed by atoms with Crippen LogP contribution >= 0.6 is 11.3 Å². The summed E-state index contributed by atoms with van der Waals surface area (Å²) in [5.41, 5.74) is 3.17. The molecule has 1 unspecified atom stereocenters. The molecule has 1 saturated heterocycles. The third kappa shape index (κ3) is 2.91. The highest BCUT2D eigenvalue weighted by molar-refractivity contribution is 7.13. The van der Waals surface area contributed by atoms with E-state index in [1.165, 1.54) is 0 Å². The van der Waals surface area contributed by atoms with E-state index in [4.69, 9.17) is 4.98 Å². The second-order valence-corrected chi connectivity index (χ2v) is 7.85. The Bertz CT molecular complexity index is 947. The number of nitrogens with zero attached hydrogens (tertiary/aromatic N) is 4. The number of nitrogens with one attached hydrogen (secondary N) is 1. The molecule has 0 bridgehead atoms. The summed E-state index contributed by atoms with van der Waals surface area (Å²) in [7, 11) is 3.84. The zero-order valence-electron chi connectivity index (χ0n) is 15.3. The second-order valence-electron chi connectivity index (χ2n) is 6.90. The lowest BCUT2D eigenvalue weighted by Crippen LogP contribution is -2.30. The molecule has 0 spiro atoms. The number of carbonyl (C=O) groups excluding carboxylic acids is 1. The maximum atomic E-state index is 13.3. The van der Waals surface area contributed by atoms with E-state index in [2.05, 4.69) is 10.4 Å². The second kappa shape index (κ2) is 6.81. The number of likely N-dealkylation sites (tertiary alicyclic amines) is 1. The predicted octanol–water partition coefficient (Wildman–Crippen LogP) is 2.69. The van der Waals surface area contributed by atoms with Crippen LogP contribution in [0.5, 0.6) is 0 Å². The van der Waals surface area contributed by atoms with Gasteiger partial charge in [0.2, 0.25) is 0 Å². The summed E-state index contributed by atoms with van der Waals surface area (Å²) in [6.07, 6.45) is 1.05. The number of thiophene rings is 1. The van der Waals surface area contributed by atoms with Crippen LogP contribution in [-0.4, -0.2) is 52.3 Å². The smallest absolute Gasteiger partial charge is 0.254 e. The summed E-state index contributed by atoms with van der Waals surface area (Å²) in [5.74, 6) is 0.609. The van der Waals surface area contributed by atoms with Gasteiger partial charge in [-0.2, -0.15) is 5.10 Å². The molecule has 136 valence electrons. The number of amides is 1. The van der Waals surface area contributed by atoms with Gasteiger partial charge in [-0.15, -0.1) is 11.3 Å². The van der Waals surface area contributed by atoms with Crippen molar-refractivity contribution < 1.29 is 4.79 Å². The first kappa shape index (κ1) is 17.2. The van der Waals surface area contributed by atoms with Crippen LogP contribution in [-0.2, 0) is 7.05 Å². The minimum atomic E-state index is 0.0879. The van der Waals surface area contributed by atoms with Gasteiger partial charge in [0.15, 0.2) is 5.65 Å². The van der Waals surface area contributed by atoms with Gasteiger partial charge in [0.05, 0.1) is 27.2 Å². The van der Waals surface area contributed by atoms with E-state index in [0.29, 0.717) is 11.5 Å². The molecule has 3 aromatic rings. The van der Waals surface area contributed by atoms with Gasteiger partial charge >= 0.3 is 0 Å². The van der Waals surface area contributed by atoms with Crippen molar-refractivity contribution in [3.05, 3.63) is 34.8 Å². The fourth-order valence-electron chi connectivity index (χ4n) is 3.81. The molecular formula is C19H23N5OS. The van der Waals surface area contributed by atoms with E-state index >= 15 is 0 Å². The Morgan fingerprint density at radius 2 is 2.31 bits per heavy atom. The van der Waals surface area contributed by atoms with Crippen molar-refractivity contribution in [3.8, 4) is 10.6 Å². The maximum Gasteiger partial charge on any atom is 0.254 e. The molecule has 0 aromatic carbocycles. The standard InChI is InChI=1S/C19H23N5OS/c1-12-17-14(19(25)24-7-6-13(11-24)10-20-2)9-15(16-5-4-8-26-16)21-18(17)23(3)22-12/h4-5,8-9,13,20H,6-7,10-11H2,1-3H3. The first-order valence-corrected chi connectivity index (χ1v) is 9.78. The number of hydrogen-bond acceptors (Lipinski definition) is 5. The summed E-state index contributed by atoms with van der Waals surface area (Å²) in [6, 6.07) is 5.98. The summed E-state index contributed by atoms with van der Waals surface area (Å²) < 4.78 is 1.77. The fourth-order valence-corrected chi connectivity index (χ4v) is 4.49. The number of aryl methyl sites for hydroxylation is 2. The number of hydrogen-bond donors (Lipinski definition) is 1. The quantitative estimate of drug-likeness (QED) is 0.768. The number of aromatic nitrogens is 3. The molecule has 1 fully saturated rings. The van der Waals surface area contributed by atoms with E-state index in [9.17, 15) is 4.79 Å². The zero-order valence-corrected chi connectivity index (χ0v) is 16.1. The lowest BCUT2D eigenvalue weighted by Gasteiger charge is -2.18. The third-order valence-electron chi connectivity index (χ3n) is 5.04. The van der Waals surface area contributed by atoms with Crippen LogP contribution in [0.15, 0.2) is 23.6 Å². The predicted molar refractivity (Wildman–Crippen MR) is 104 cm³/mol. The molecule has 0 saturated carbocycles. The Morgan fingerprint density at radius 1 is 1.46 bits per heavy atom. The van der Waals surface area contributed by atoms with Gasteiger partial charge in [-0.3, -0.25) is 9.48 Å². The van der Waals surface area contributed by atoms with Crippen LogP contribution in [0.25, 0.3) is 21.6 Å². The van der Waals surface area contributed by atoms with Gasteiger partial charge in [-0.05, 0) is 50.4 Å². The fraction of sp³-hybridized carbons (Fsp3) is 0.421. The van der Waals surface area contributed by atoms with Crippen molar-refractivity contribution in [1.29, 1.82) is 0 Å². The van der Waals surface area contributed by atoms with Crippen LogP contribution < -0.4 is 5.32 Å². The van der Waals surface area contributed by atoms with Crippen molar-refractivity contribution in [3.63, 3.8) is 0 Å². The SMILES string of the molecule is CNCC1CCN(C(=O)c2cc(-c3cccs3)nc3c2c(C)nn3C)C1. The molecular weight excluding hydrogens is 346 g/mol. The minimum absolute atomic E-state index is 0.0879. The van der Waals surface area contributed by atoms with Gasteiger partial charge in [-0.25, -0.2) is 4.98 Å². The molecule has 1 N–H and O–H groups in total. The molecule has 1 aliphatic rings. The minimum Gasteiger partial charge on any atom is -0.338 e. The van der Waals surface area contributed by atoms with E-state index in [-0.39, 0.29) is 5.91 Å². The average molecular weight is 369 g/mol. The van der Waals surface area contributed by atoms with Gasteiger partial charge in [0.25, 0.3) is 5.91 Å². The molecule has 7 heteroatoms. The van der Waals surface area contributed by atoms with Gasteiger partial charge < -0.3 is 10.2 Å². The van der Waals surface area contributed by atoms with Crippen molar-refractivity contribution in [2.45, 2.75) is 13.3 Å². The average Bonchev–Trinajstić information content (AvgIpc) is 3.36. The van der Waals surface area contributed by atoms with E-state index in [1.54, 1.807) is 16.0 Å².